The summed E-state index contributed by atoms with van der Waals surface area (Å²) in [7, 11) is 0. The highest BCUT2D eigenvalue weighted by molar-refractivity contribution is 5.54. The summed E-state index contributed by atoms with van der Waals surface area (Å²) < 4.78 is 0. The van der Waals surface area contributed by atoms with Gasteiger partial charge in [-0.05, 0) is 43.7 Å². The van der Waals surface area contributed by atoms with Crippen molar-refractivity contribution in [1.82, 2.24) is 9.97 Å². The average molecular weight is 390 g/mol. The van der Waals surface area contributed by atoms with Gasteiger partial charge in [0, 0.05) is 49.5 Å². The molecule has 6 heteroatoms. The van der Waals surface area contributed by atoms with E-state index in [0.29, 0.717) is 12.4 Å². The van der Waals surface area contributed by atoms with E-state index in [1.165, 1.54) is 11.3 Å². The molecule has 3 aromatic rings. The van der Waals surface area contributed by atoms with Gasteiger partial charge in [0.2, 0.25) is 5.95 Å². The molecule has 1 aromatic heterocycles. The van der Waals surface area contributed by atoms with Crippen molar-refractivity contribution in [2.24, 2.45) is 0 Å². The van der Waals surface area contributed by atoms with Crippen molar-refractivity contribution in [3.63, 3.8) is 0 Å². The zero-order valence-corrected chi connectivity index (χ0v) is 17.0. The van der Waals surface area contributed by atoms with Crippen molar-refractivity contribution in [2.45, 2.75) is 20.3 Å². The maximum Gasteiger partial charge on any atom is 0.256 e. The van der Waals surface area contributed by atoms with Gasteiger partial charge in [-0.15, -0.1) is 0 Å². The summed E-state index contributed by atoms with van der Waals surface area (Å²) >= 11 is 0. The van der Waals surface area contributed by atoms with E-state index >= 15 is 0 Å². The summed E-state index contributed by atoms with van der Waals surface area (Å²) in [5, 5.41) is 0. The van der Waals surface area contributed by atoms with Crippen LogP contribution in [0.1, 0.15) is 22.4 Å². The predicted molar refractivity (Wildman–Crippen MR) is 119 cm³/mol. The number of hydrogen-bond acceptors (Lipinski definition) is 5. The van der Waals surface area contributed by atoms with Gasteiger partial charge < -0.3 is 15.5 Å². The average Bonchev–Trinajstić information content (AvgIpc) is 2.73. The molecule has 1 saturated heterocycles. The van der Waals surface area contributed by atoms with E-state index < -0.39 is 0 Å². The monoisotopic (exact) mass is 389 g/mol. The van der Waals surface area contributed by atoms with Crippen molar-refractivity contribution in [3.05, 3.63) is 81.3 Å². The van der Waals surface area contributed by atoms with Crippen LogP contribution in [0.25, 0.3) is 0 Å². The van der Waals surface area contributed by atoms with E-state index in [1.54, 1.807) is 0 Å². The molecule has 29 heavy (non-hydrogen) atoms. The summed E-state index contributed by atoms with van der Waals surface area (Å²) in [4.78, 5) is 24.9. The number of hydrogen-bond donors (Lipinski definition) is 2. The minimum atomic E-state index is -0.0472. The lowest BCUT2D eigenvalue weighted by molar-refractivity contribution is 0.637. The summed E-state index contributed by atoms with van der Waals surface area (Å²) in [5.74, 6) is 0.664. The summed E-state index contributed by atoms with van der Waals surface area (Å²) in [6.07, 6.45) is 0.597. The third-order valence-corrected chi connectivity index (χ3v) is 5.55. The Bertz CT molecular complexity index is 1030. The fourth-order valence-electron chi connectivity index (χ4n) is 3.73. The lowest BCUT2D eigenvalue weighted by Gasteiger charge is -2.36. The number of nitrogens with two attached hydrogens (primary N) is 1. The number of benzene rings is 2. The van der Waals surface area contributed by atoms with Crippen LogP contribution in [0.4, 0.5) is 17.3 Å². The first-order valence-electron chi connectivity index (χ1n) is 10.0. The molecule has 2 heterocycles. The van der Waals surface area contributed by atoms with Crippen LogP contribution in [0.15, 0.2) is 53.3 Å². The standard InChI is InChI=1S/C23H27N5O/c1-16-3-5-18(6-4-16)15-21-17(2)25-23(26-22(21)29)28-13-11-27(12-14-28)20-9-7-19(24)8-10-20/h3-10H,11-15,24H2,1-2H3,(H,25,26,29). The number of H-pyrrole nitrogens is 1. The predicted octanol–water partition coefficient (Wildman–Crippen LogP) is 2.89. The van der Waals surface area contributed by atoms with E-state index in [4.69, 9.17) is 10.7 Å². The lowest BCUT2D eigenvalue weighted by atomic mass is 10.0. The third-order valence-electron chi connectivity index (χ3n) is 5.55. The number of nitrogen functional groups attached to an aromatic ring is 1. The van der Waals surface area contributed by atoms with Gasteiger partial charge in [-0.3, -0.25) is 9.78 Å². The molecule has 1 fully saturated rings. The Balaban J connectivity index is 1.46. The van der Waals surface area contributed by atoms with Gasteiger partial charge in [0.1, 0.15) is 0 Å². The molecule has 1 aliphatic heterocycles. The fourth-order valence-corrected chi connectivity index (χ4v) is 3.73. The molecule has 0 radical (unpaired) electrons. The summed E-state index contributed by atoms with van der Waals surface area (Å²) in [6.45, 7) is 7.35. The van der Waals surface area contributed by atoms with Crippen LogP contribution in [0.5, 0.6) is 0 Å². The molecule has 0 saturated carbocycles. The molecule has 0 spiro atoms. The number of aromatic nitrogens is 2. The minimum absolute atomic E-state index is 0.0472. The first-order valence-corrected chi connectivity index (χ1v) is 10.0. The SMILES string of the molecule is Cc1ccc(Cc2c(C)nc(N3CCN(c4ccc(N)cc4)CC3)[nH]c2=O)cc1. The smallest absolute Gasteiger partial charge is 0.256 e. The van der Waals surface area contributed by atoms with Gasteiger partial charge in [0.15, 0.2) is 0 Å². The number of rotatable bonds is 4. The first kappa shape index (κ1) is 19.1. The molecule has 0 aliphatic carbocycles. The van der Waals surface area contributed by atoms with Gasteiger partial charge >= 0.3 is 0 Å². The number of nitrogens with one attached hydrogen (secondary N) is 1. The molecule has 3 N–H and O–H groups in total. The van der Waals surface area contributed by atoms with Crippen LogP contribution in [0, 0.1) is 13.8 Å². The largest absolute Gasteiger partial charge is 0.399 e. The van der Waals surface area contributed by atoms with Crippen molar-refractivity contribution in [2.75, 3.05) is 41.7 Å². The van der Waals surface area contributed by atoms with Crippen LogP contribution >= 0.6 is 0 Å². The van der Waals surface area contributed by atoms with Gasteiger partial charge in [-0.2, -0.15) is 0 Å². The van der Waals surface area contributed by atoms with E-state index in [-0.39, 0.29) is 5.56 Å². The molecule has 0 unspecified atom stereocenters. The Morgan fingerprint density at radius 3 is 2.17 bits per heavy atom. The topological polar surface area (TPSA) is 78.2 Å². The second kappa shape index (κ2) is 7.99. The number of piperazine rings is 1. The van der Waals surface area contributed by atoms with Crippen LogP contribution < -0.4 is 21.1 Å². The van der Waals surface area contributed by atoms with Crippen LogP contribution in [0.3, 0.4) is 0 Å². The fraction of sp³-hybridized carbons (Fsp3) is 0.304. The van der Waals surface area contributed by atoms with Crippen molar-refractivity contribution < 1.29 is 0 Å². The Kier molecular flexibility index (Phi) is 5.25. The van der Waals surface area contributed by atoms with E-state index in [9.17, 15) is 4.79 Å². The highest BCUT2D eigenvalue weighted by Crippen LogP contribution is 2.20. The van der Waals surface area contributed by atoms with Crippen LogP contribution in [0.2, 0.25) is 0 Å². The number of aryl methyl sites for hydroxylation is 2. The molecule has 4 rings (SSSR count). The Hall–Kier alpha value is -3.28. The summed E-state index contributed by atoms with van der Waals surface area (Å²) in [6, 6.07) is 16.2. The highest BCUT2D eigenvalue weighted by atomic mass is 16.1. The Labute approximate surface area is 171 Å². The van der Waals surface area contributed by atoms with Gasteiger partial charge in [0.25, 0.3) is 5.56 Å². The molecule has 1 aliphatic rings. The molecule has 0 atom stereocenters. The first-order chi connectivity index (χ1) is 14.0. The van der Waals surface area contributed by atoms with Gasteiger partial charge in [-0.1, -0.05) is 29.8 Å². The zero-order valence-electron chi connectivity index (χ0n) is 17.0. The quantitative estimate of drug-likeness (QED) is 0.671. The lowest BCUT2D eigenvalue weighted by Crippen LogP contribution is -2.47. The molecule has 2 aromatic carbocycles. The normalized spacial score (nSPS) is 14.3. The van der Waals surface area contributed by atoms with E-state index in [0.717, 1.165) is 48.7 Å². The molecular weight excluding hydrogens is 362 g/mol. The maximum absolute atomic E-state index is 12.7. The molecular formula is C23H27N5O. The molecule has 6 nitrogen and oxygen atoms in total. The Morgan fingerprint density at radius 1 is 0.931 bits per heavy atom. The van der Waals surface area contributed by atoms with E-state index in [2.05, 4.69) is 58.1 Å². The van der Waals surface area contributed by atoms with E-state index in [1.807, 2.05) is 19.1 Å². The minimum Gasteiger partial charge on any atom is -0.399 e. The van der Waals surface area contributed by atoms with Gasteiger partial charge in [-0.25, -0.2) is 4.98 Å². The van der Waals surface area contributed by atoms with Crippen molar-refractivity contribution in [1.29, 1.82) is 0 Å². The second-order valence-electron chi connectivity index (χ2n) is 7.68. The van der Waals surface area contributed by atoms with Crippen molar-refractivity contribution in [3.8, 4) is 0 Å². The van der Waals surface area contributed by atoms with Crippen molar-refractivity contribution >= 4 is 17.3 Å². The number of anilines is 3. The second-order valence-corrected chi connectivity index (χ2v) is 7.68. The zero-order chi connectivity index (χ0) is 20.4. The highest BCUT2D eigenvalue weighted by Gasteiger charge is 2.20. The molecule has 150 valence electrons. The molecule has 0 amide bonds. The third kappa shape index (κ3) is 4.26. The van der Waals surface area contributed by atoms with Gasteiger partial charge in [0.05, 0.1) is 5.69 Å². The number of aromatic amines is 1. The van der Waals surface area contributed by atoms with Crippen LogP contribution in [-0.2, 0) is 6.42 Å². The van der Waals surface area contributed by atoms with Crippen LogP contribution in [-0.4, -0.2) is 36.1 Å². The molecule has 0 bridgehead atoms. The maximum atomic E-state index is 12.7. The number of nitrogens with zero attached hydrogens (tertiary/aromatic N) is 3. The Morgan fingerprint density at radius 2 is 1.55 bits per heavy atom. The summed E-state index contributed by atoms with van der Waals surface area (Å²) in [5.41, 5.74) is 11.5.